The predicted molar refractivity (Wildman–Crippen MR) is 74.6 cm³/mol. The van der Waals surface area contributed by atoms with Gasteiger partial charge in [0, 0.05) is 18.6 Å². The van der Waals surface area contributed by atoms with E-state index in [0.717, 1.165) is 37.8 Å². The molecule has 108 valence electrons. The number of ether oxygens (including phenoxy) is 2. The van der Waals surface area contributed by atoms with Crippen LogP contribution in [0.2, 0.25) is 0 Å². The van der Waals surface area contributed by atoms with Crippen LogP contribution in [0.4, 0.5) is 0 Å². The lowest BCUT2D eigenvalue weighted by Crippen LogP contribution is -2.24. The van der Waals surface area contributed by atoms with Gasteiger partial charge in [-0.2, -0.15) is 0 Å². The highest BCUT2D eigenvalue weighted by molar-refractivity contribution is 5.81. The van der Waals surface area contributed by atoms with Gasteiger partial charge in [0.1, 0.15) is 12.2 Å². The van der Waals surface area contributed by atoms with Crippen molar-refractivity contribution in [2.45, 2.75) is 58.2 Å². The Morgan fingerprint density at radius 1 is 1.11 bits per heavy atom. The second kappa shape index (κ2) is 10.4. The third-order valence-corrected chi connectivity index (χ3v) is 2.66. The maximum Gasteiger partial charge on any atom is 0.330 e. The maximum atomic E-state index is 11.3. The fourth-order valence-electron chi connectivity index (χ4n) is 1.72. The van der Waals surface area contributed by atoms with Gasteiger partial charge in [0.05, 0.1) is 0 Å². The summed E-state index contributed by atoms with van der Waals surface area (Å²) in [5, 5.41) is 0. The van der Waals surface area contributed by atoms with Crippen molar-refractivity contribution in [1.29, 1.82) is 0 Å². The normalized spacial score (nSPS) is 13.2. The first-order valence-electron chi connectivity index (χ1n) is 6.69. The Labute approximate surface area is 115 Å². The summed E-state index contributed by atoms with van der Waals surface area (Å²) in [5.41, 5.74) is 0. The summed E-state index contributed by atoms with van der Waals surface area (Å²) in [6.45, 7) is 10.6. The molecule has 0 aliphatic carbocycles. The number of rotatable bonds is 10. The SMILES string of the molecule is C=CC(=O)OC(C)CC(CCCCC)OC(=O)C=C. The zero-order valence-corrected chi connectivity index (χ0v) is 11.9. The quantitative estimate of drug-likeness (QED) is 0.347. The molecule has 0 rings (SSSR count). The van der Waals surface area contributed by atoms with Crippen molar-refractivity contribution in [2.24, 2.45) is 0 Å². The molecule has 2 atom stereocenters. The van der Waals surface area contributed by atoms with E-state index in [4.69, 9.17) is 9.47 Å². The second-order valence-corrected chi connectivity index (χ2v) is 4.45. The minimum absolute atomic E-state index is 0.246. The number of unbranched alkanes of at least 4 members (excludes halogenated alkanes) is 2. The highest BCUT2D eigenvalue weighted by atomic mass is 16.6. The van der Waals surface area contributed by atoms with Gasteiger partial charge in [-0.05, 0) is 19.8 Å². The molecule has 0 aromatic carbocycles. The van der Waals surface area contributed by atoms with Crippen molar-refractivity contribution in [1.82, 2.24) is 0 Å². The Balaban J connectivity index is 4.29. The highest BCUT2D eigenvalue weighted by Gasteiger charge is 2.18. The van der Waals surface area contributed by atoms with E-state index in [2.05, 4.69) is 20.1 Å². The van der Waals surface area contributed by atoms with E-state index < -0.39 is 11.9 Å². The van der Waals surface area contributed by atoms with Crippen LogP contribution in [0.15, 0.2) is 25.3 Å². The molecular formula is C15H24O4. The molecule has 19 heavy (non-hydrogen) atoms. The van der Waals surface area contributed by atoms with Gasteiger partial charge in [-0.15, -0.1) is 0 Å². The van der Waals surface area contributed by atoms with Crippen LogP contribution >= 0.6 is 0 Å². The first-order chi connectivity index (χ1) is 9.03. The van der Waals surface area contributed by atoms with E-state index in [-0.39, 0.29) is 12.2 Å². The molecule has 2 unspecified atom stereocenters. The van der Waals surface area contributed by atoms with Crippen LogP contribution in [0.5, 0.6) is 0 Å². The summed E-state index contributed by atoms with van der Waals surface area (Å²) in [6, 6.07) is 0. The number of carbonyl (C=O) groups excluding carboxylic acids is 2. The molecule has 0 fully saturated rings. The van der Waals surface area contributed by atoms with Crippen LogP contribution in [0.3, 0.4) is 0 Å². The van der Waals surface area contributed by atoms with Crippen molar-refractivity contribution >= 4 is 11.9 Å². The van der Waals surface area contributed by atoms with Crippen LogP contribution in [-0.2, 0) is 19.1 Å². The topological polar surface area (TPSA) is 52.6 Å². The van der Waals surface area contributed by atoms with Crippen LogP contribution in [0.25, 0.3) is 0 Å². The lowest BCUT2D eigenvalue weighted by molar-refractivity contribution is -0.148. The summed E-state index contributed by atoms with van der Waals surface area (Å²) < 4.78 is 10.3. The van der Waals surface area contributed by atoms with E-state index in [1.54, 1.807) is 6.92 Å². The van der Waals surface area contributed by atoms with Crippen LogP contribution in [0.1, 0.15) is 46.0 Å². The molecule has 0 aromatic heterocycles. The summed E-state index contributed by atoms with van der Waals surface area (Å²) >= 11 is 0. The predicted octanol–water partition coefficient (Wildman–Crippen LogP) is 3.17. The van der Waals surface area contributed by atoms with E-state index in [1.807, 2.05) is 0 Å². The first kappa shape index (κ1) is 17.4. The van der Waals surface area contributed by atoms with E-state index in [1.165, 1.54) is 0 Å². The fraction of sp³-hybridized carbons (Fsp3) is 0.600. The maximum absolute atomic E-state index is 11.3. The zero-order chi connectivity index (χ0) is 14.7. The standard InChI is InChI=1S/C15H24O4/c1-5-8-9-10-13(19-15(17)7-3)11-12(4)18-14(16)6-2/h6-7,12-13H,2-3,5,8-11H2,1,4H3. The second-order valence-electron chi connectivity index (χ2n) is 4.45. The Morgan fingerprint density at radius 3 is 2.21 bits per heavy atom. The average molecular weight is 268 g/mol. The third-order valence-electron chi connectivity index (χ3n) is 2.66. The van der Waals surface area contributed by atoms with Gasteiger partial charge in [0.2, 0.25) is 0 Å². The third kappa shape index (κ3) is 9.05. The number of esters is 2. The van der Waals surface area contributed by atoms with Gasteiger partial charge in [0.15, 0.2) is 0 Å². The highest BCUT2D eigenvalue weighted by Crippen LogP contribution is 2.14. The number of hydrogen-bond donors (Lipinski definition) is 0. The molecule has 0 radical (unpaired) electrons. The van der Waals surface area contributed by atoms with Gasteiger partial charge >= 0.3 is 11.9 Å². The van der Waals surface area contributed by atoms with Gasteiger partial charge in [-0.1, -0.05) is 32.9 Å². The van der Waals surface area contributed by atoms with Gasteiger partial charge in [0.25, 0.3) is 0 Å². The number of carbonyl (C=O) groups is 2. The van der Waals surface area contributed by atoms with Crippen LogP contribution in [0, 0.1) is 0 Å². The monoisotopic (exact) mass is 268 g/mol. The summed E-state index contributed by atoms with van der Waals surface area (Å²) in [5.74, 6) is -0.904. The van der Waals surface area contributed by atoms with Crippen LogP contribution in [-0.4, -0.2) is 24.1 Å². The van der Waals surface area contributed by atoms with E-state index in [0.29, 0.717) is 6.42 Å². The van der Waals surface area contributed by atoms with Gasteiger partial charge < -0.3 is 9.47 Å². The largest absolute Gasteiger partial charge is 0.459 e. The van der Waals surface area contributed by atoms with Gasteiger partial charge in [-0.3, -0.25) is 0 Å². The Kier molecular flexibility index (Phi) is 9.49. The van der Waals surface area contributed by atoms with E-state index in [9.17, 15) is 9.59 Å². The minimum Gasteiger partial charge on any atom is -0.459 e. The van der Waals surface area contributed by atoms with Crippen molar-refractivity contribution in [2.75, 3.05) is 0 Å². The fourth-order valence-corrected chi connectivity index (χ4v) is 1.72. The Hall–Kier alpha value is -1.58. The Morgan fingerprint density at radius 2 is 1.68 bits per heavy atom. The lowest BCUT2D eigenvalue weighted by atomic mass is 10.1. The van der Waals surface area contributed by atoms with Crippen molar-refractivity contribution in [3.05, 3.63) is 25.3 Å². The number of hydrogen-bond acceptors (Lipinski definition) is 4. The Bertz CT molecular complexity index is 309. The van der Waals surface area contributed by atoms with Gasteiger partial charge in [-0.25, -0.2) is 9.59 Å². The molecule has 0 aliphatic heterocycles. The molecule has 4 nitrogen and oxygen atoms in total. The van der Waals surface area contributed by atoms with Crippen molar-refractivity contribution in [3.8, 4) is 0 Å². The molecule has 4 heteroatoms. The molecule has 0 N–H and O–H groups in total. The smallest absolute Gasteiger partial charge is 0.330 e. The molecule has 0 spiro atoms. The molecule has 0 aliphatic rings. The van der Waals surface area contributed by atoms with Crippen molar-refractivity contribution in [3.63, 3.8) is 0 Å². The van der Waals surface area contributed by atoms with Crippen molar-refractivity contribution < 1.29 is 19.1 Å². The summed E-state index contributed by atoms with van der Waals surface area (Å²) in [6.07, 6.45) is 6.14. The lowest BCUT2D eigenvalue weighted by Gasteiger charge is -2.20. The molecular weight excluding hydrogens is 244 g/mol. The molecule has 0 heterocycles. The zero-order valence-electron chi connectivity index (χ0n) is 11.9. The van der Waals surface area contributed by atoms with Crippen LogP contribution < -0.4 is 0 Å². The molecule has 0 amide bonds. The molecule has 0 aromatic rings. The van der Waals surface area contributed by atoms with E-state index >= 15 is 0 Å². The average Bonchev–Trinajstić information content (AvgIpc) is 2.38. The molecule has 0 saturated carbocycles. The minimum atomic E-state index is -0.463. The summed E-state index contributed by atoms with van der Waals surface area (Å²) in [7, 11) is 0. The molecule has 0 bridgehead atoms. The molecule has 0 saturated heterocycles. The summed E-state index contributed by atoms with van der Waals surface area (Å²) in [4.78, 5) is 22.3. The first-order valence-corrected chi connectivity index (χ1v) is 6.69.